The van der Waals surface area contributed by atoms with Gasteiger partial charge in [-0.2, -0.15) is 0 Å². The molecule has 1 aliphatic rings. The third-order valence-electron chi connectivity index (χ3n) is 4.20. The van der Waals surface area contributed by atoms with Gasteiger partial charge >= 0.3 is 0 Å². The first-order chi connectivity index (χ1) is 8.67. The van der Waals surface area contributed by atoms with Gasteiger partial charge in [0.25, 0.3) is 0 Å². The van der Waals surface area contributed by atoms with Crippen molar-refractivity contribution in [1.82, 2.24) is 9.80 Å². The first-order valence-corrected chi connectivity index (χ1v) is 7.76. The maximum Gasteiger partial charge on any atom is 0.0218 e. The molecule has 3 nitrogen and oxygen atoms in total. The van der Waals surface area contributed by atoms with Crippen molar-refractivity contribution < 1.29 is 0 Å². The van der Waals surface area contributed by atoms with E-state index >= 15 is 0 Å². The Hall–Kier alpha value is -0.120. The van der Waals surface area contributed by atoms with Crippen LogP contribution in [0, 0.1) is 5.92 Å². The molecule has 0 amide bonds. The van der Waals surface area contributed by atoms with Gasteiger partial charge < -0.3 is 10.6 Å². The van der Waals surface area contributed by atoms with Crippen LogP contribution in [0.2, 0.25) is 0 Å². The molecule has 0 saturated carbocycles. The third-order valence-corrected chi connectivity index (χ3v) is 4.20. The Morgan fingerprint density at radius 2 is 1.89 bits per heavy atom. The lowest BCUT2D eigenvalue weighted by Crippen LogP contribution is -2.46. The van der Waals surface area contributed by atoms with E-state index in [4.69, 9.17) is 5.73 Å². The van der Waals surface area contributed by atoms with E-state index in [1.54, 1.807) is 0 Å². The Kier molecular flexibility index (Phi) is 7.87. The molecule has 0 aliphatic carbocycles. The van der Waals surface area contributed by atoms with Crippen LogP contribution in [0.1, 0.15) is 45.4 Å². The molecule has 1 fully saturated rings. The number of likely N-dealkylation sites (tertiary alicyclic amines) is 1. The lowest BCUT2D eigenvalue weighted by Gasteiger charge is -2.38. The molecule has 108 valence electrons. The topological polar surface area (TPSA) is 32.5 Å². The monoisotopic (exact) mass is 255 g/mol. The molecule has 1 atom stereocenters. The molecule has 3 heteroatoms. The summed E-state index contributed by atoms with van der Waals surface area (Å²) in [5.41, 5.74) is 5.95. The van der Waals surface area contributed by atoms with Gasteiger partial charge in [-0.1, -0.05) is 26.2 Å². The lowest BCUT2D eigenvalue weighted by atomic mass is 9.94. The van der Waals surface area contributed by atoms with Crippen molar-refractivity contribution in [3.05, 3.63) is 0 Å². The van der Waals surface area contributed by atoms with Crippen LogP contribution in [0.5, 0.6) is 0 Å². The fourth-order valence-electron chi connectivity index (χ4n) is 3.10. The van der Waals surface area contributed by atoms with Crippen LogP contribution in [-0.2, 0) is 0 Å². The molecule has 2 N–H and O–H groups in total. The van der Waals surface area contributed by atoms with Crippen LogP contribution in [0.3, 0.4) is 0 Å². The van der Waals surface area contributed by atoms with Crippen molar-refractivity contribution in [3.63, 3.8) is 0 Å². The van der Waals surface area contributed by atoms with Crippen molar-refractivity contribution in [2.24, 2.45) is 11.7 Å². The predicted molar refractivity (Wildman–Crippen MR) is 79.8 cm³/mol. The van der Waals surface area contributed by atoms with Crippen molar-refractivity contribution >= 4 is 0 Å². The molecule has 1 saturated heterocycles. The van der Waals surface area contributed by atoms with Crippen molar-refractivity contribution in [2.45, 2.75) is 51.5 Å². The quantitative estimate of drug-likeness (QED) is 0.675. The summed E-state index contributed by atoms with van der Waals surface area (Å²) in [4.78, 5) is 4.96. The maximum absolute atomic E-state index is 5.95. The van der Waals surface area contributed by atoms with Crippen LogP contribution in [0.15, 0.2) is 0 Å². The van der Waals surface area contributed by atoms with E-state index in [1.165, 1.54) is 58.2 Å². The fourth-order valence-corrected chi connectivity index (χ4v) is 3.10. The molecule has 18 heavy (non-hydrogen) atoms. The van der Waals surface area contributed by atoms with Gasteiger partial charge in [0, 0.05) is 19.1 Å². The molecular weight excluding hydrogens is 222 g/mol. The van der Waals surface area contributed by atoms with Gasteiger partial charge in [0.1, 0.15) is 0 Å². The van der Waals surface area contributed by atoms with Gasteiger partial charge in [0.15, 0.2) is 0 Å². The molecule has 1 aliphatic heterocycles. The smallest absolute Gasteiger partial charge is 0.0218 e. The largest absolute Gasteiger partial charge is 0.329 e. The number of rotatable bonds is 8. The standard InChI is InChI=1S/C15H33N3/c1-4-5-6-7-15(12-16)18-10-8-14(9-11-18)13-17(2)3/h14-15H,4-13,16H2,1-3H3. The van der Waals surface area contributed by atoms with Crippen LogP contribution >= 0.6 is 0 Å². The summed E-state index contributed by atoms with van der Waals surface area (Å²) in [5.74, 6) is 0.894. The summed E-state index contributed by atoms with van der Waals surface area (Å²) in [5, 5.41) is 0. The summed E-state index contributed by atoms with van der Waals surface area (Å²) in [6.45, 7) is 6.86. The number of unbranched alkanes of at least 4 members (excludes halogenated alkanes) is 2. The number of hydrogen-bond donors (Lipinski definition) is 1. The van der Waals surface area contributed by atoms with Crippen LogP contribution in [0.25, 0.3) is 0 Å². The zero-order valence-corrected chi connectivity index (χ0v) is 12.7. The van der Waals surface area contributed by atoms with E-state index in [-0.39, 0.29) is 0 Å². The summed E-state index contributed by atoms with van der Waals surface area (Å²) >= 11 is 0. The van der Waals surface area contributed by atoms with Gasteiger partial charge in [0.2, 0.25) is 0 Å². The minimum Gasteiger partial charge on any atom is -0.329 e. The Balaban J connectivity index is 2.26. The zero-order chi connectivity index (χ0) is 13.4. The summed E-state index contributed by atoms with van der Waals surface area (Å²) in [6.07, 6.45) is 8.00. The zero-order valence-electron chi connectivity index (χ0n) is 12.7. The Morgan fingerprint density at radius 3 is 2.39 bits per heavy atom. The van der Waals surface area contributed by atoms with E-state index in [0.29, 0.717) is 6.04 Å². The highest BCUT2D eigenvalue weighted by Gasteiger charge is 2.24. The van der Waals surface area contributed by atoms with Crippen molar-refractivity contribution in [3.8, 4) is 0 Å². The van der Waals surface area contributed by atoms with Crippen LogP contribution in [-0.4, -0.2) is 56.1 Å². The normalized spacial score (nSPS) is 20.5. The molecule has 0 aromatic heterocycles. The number of nitrogens with two attached hydrogens (primary N) is 1. The molecule has 0 aromatic rings. The first-order valence-electron chi connectivity index (χ1n) is 7.76. The number of hydrogen-bond acceptors (Lipinski definition) is 3. The van der Waals surface area contributed by atoms with Gasteiger partial charge in [-0.25, -0.2) is 0 Å². The van der Waals surface area contributed by atoms with Crippen LogP contribution in [0.4, 0.5) is 0 Å². The summed E-state index contributed by atoms with van der Waals surface area (Å²) in [7, 11) is 4.36. The maximum atomic E-state index is 5.95. The fraction of sp³-hybridized carbons (Fsp3) is 1.00. The highest BCUT2D eigenvalue weighted by molar-refractivity contribution is 4.80. The molecule has 1 heterocycles. The number of nitrogens with zero attached hydrogens (tertiary/aromatic N) is 2. The molecule has 0 spiro atoms. The lowest BCUT2D eigenvalue weighted by molar-refractivity contribution is 0.116. The molecule has 0 aromatic carbocycles. The SMILES string of the molecule is CCCCCC(CN)N1CCC(CN(C)C)CC1. The van der Waals surface area contributed by atoms with Crippen molar-refractivity contribution in [1.29, 1.82) is 0 Å². The average molecular weight is 255 g/mol. The average Bonchev–Trinajstić information content (AvgIpc) is 2.35. The van der Waals surface area contributed by atoms with E-state index in [2.05, 4.69) is 30.8 Å². The molecule has 0 radical (unpaired) electrons. The molecule has 1 rings (SSSR count). The minimum atomic E-state index is 0.636. The summed E-state index contributed by atoms with van der Waals surface area (Å²) < 4.78 is 0. The van der Waals surface area contributed by atoms with E-state index in [9.17, 15) is 0 Å². The highest BCUT2D eigenvalue weighted by Crippen LogP contribution is 2.21. The van der Waals surface area contributed by atoms with E-state index in [0.717, 1.165) is 12.5 Å². The predicted octanol–water partition coefficient (Wildman–Crippen LogP) is 2.17. The Morgan fingerprint density at radius 1 is 1.22 bits per heavy atom. The van der Waals surface area contributed by atoms with E-state index < -0.39 is 0 Å². The molecular formula is C15H33N3. The van der Waals surface area contributed by atoms with Gasteiger partial charge in [-0.15, -0.1) is 0 Å². The van der Waals surface area contributed by atoms with Gasteiger partial charge in [-0.05, 0) is 52.4 Å². The number of piperidine rings is 1. The first kappa shape index (κ1) is 15.9. The van der Waals surface area contributed by atoms with E-state index in [1.807, 2.05) is 0 Å². The molecule has 0 bridgehead atoms. The second-order valence-corrected chi connectivity index (χ2v) is 6.13. The summed E-state index contributed by atoms with van der Waals surface area (Å²) in [6, 6.07) is 0.636. The third kappa shape index (κ3) is 5.68. The van der Waals surface area contributed by atoms with Gasteiger partial charge in [0.05, 0.1) is 0 Å². The van der Waals surface area contributed by atoms with Crippen molar-refractivity contribution in [2.75, 3.05) is 40.3 Å². The Labute approximate surface area is 114 Å². The molecule has 1 unspecified atom stereocenters. The highest BCUT2D eigenvalue weighted by atomic mass is 15.2. The van der Waals surface area contributed by atoms with Gasteiger partial charge in [-0.3, -0.25) is 4.90 Å². The van der Waals surface area contributed by atoms with Crippen LogP contribution < -0.4 is 5.73 Å². The second kappa shape index (κ2) is 8.89. The Bertz CT molecular complexity index is 198. The second-order valence-electron chi connectivity index (χ2n) is 6.13. The minimum absolute atomic E-state index is 0.636.